The Bertz CT molecular complexity index is 430. The van der Waals surface area contributed by atoms with Crippen LogP contribution in [-0.4, -0.2) is 20.0 Å². The zero-order valence-corrected chi connectivity index (χ0v) is 8.02. The van der Waals surface area contributed by atoms with E-state index in [2.05, 4.69) is 29.1 Å². The smallest absolute Gasteiger partial charge is 0.178 e. The molecule has 2 heterocycles. The van der Waals surface area contributed by atoms with Crippen molar-refractivity contribution in [2.75, 3.05) is 0 Å². The molecule has 0 fully saturated rings. The summed E-state index contributed by atoms with van der Waals surface area (Å²) >= 11 is 0. The quantitative estimate of drug-likeness (QED) is 0.661. The molecule has 0 aromatic carbocycles. The van der Waals surface area contributed by atoms with Crippen LogP contribution in [0.3, 0.4) is 0 Å². The van der Waals surface area contributed by atoms with Crippen LogP contribution >= 0.6 is 0 Å². The normalized spacial score (nSPS) is 11.4. The Kier molecular flexibility index (Phi) is 1.76. The number of hydrogen-bond acceptors (Lipinski definition) is 3. The molecule has 0 amide bonds. The molecule has 2 aromatic rings. The predicted molar refractivity (Wildman–Crippen MR) is 50.4 cm³/mol. The highest BCUT2D eigenvalue weighted by Gasteiger charge is 2.05. The van der Waals surface area contributed by atoms with Gasteiger partial charge in [-0.25, -0.2) is 9.67 Å². The number of nitrogens with zero attached hydrogens (tertiary/aromatic N) is 4. The van der Waals surface area contributed by atoms with Crippen LogP contribution < -0.4 is 0 Å². The molecule has 13 heavy (non-hydrogen) atoms. The standard InChI is InChI=1S/C9H12N4/c1-6(2)7-4-8-9(10-5-7)13(3)12-11-8/h4-6H,1-3H3. The molecule has 0 N–H and O–H groups in total. The van der Waals surface area contributed by atoms with E-state index in [0.29, 0.717) is 5.92 Å². The fourth-order valence-electron chi connectivity index (χ4n) is 1.26. The van der Waals surface area contributed by atoms with Gasteiger partial charge in [-0.1, -0.05) is 19.1 Å². The summed E-state index contributed by atoms with van der Waals surface area (Å²) in [5.74, 6) is 0.485. The molecule has 0 radical (unpaired) electrons. The van der Waals surface area contributed by atoms with Crippen molar-refractivity contribution in [2.45, 2.75) is 19.8 Å². The number of rotatable bonds is 1. The van der Waals surface area contributed by atoms with Gasteiger partial charge in [0.1, 0.15) is 5.52 Å². The highest BCUT2D eigenvalue weighted by atomic mass is 15.4. The van der Waals surface area contributed by atoms with Gasteiger partial charge >= 0.3 is 0 Å². The molecule has 2 aromatic heterocycles. The molecule has 0 saturated carbocycles. The van der Waals surface area contributed by atoms with Gasteiger partial charge in [-0.2, -0.15) is 0 Å². The van der Waals surface area contributed by atoms with Crippen LogP contribution in [0.5, 0.6) is 0 Å². The lowest BCUT2D eigenvalue weighted by Crippen LogP contribution is -1.93. The number of aromatic nitrogens is 4. The Balaban J connectivity index is 2.63. The van der Waals surface area contributed by atoms with E-state index in [1.54, 1.807) is 4.68 Å². The fourth-order valence-corrected chi connectivity index (χ4v) is 1.26. The second kappa shape index (κ2) is 2.80. The minimum atomic E-state index is 0.485. The minimum Gasteiger partial charge on any atom is -0.235 e. The van der Waals surface area contributed by atoms with Crippen LogP contribution in [0.1, 0.15) is 25.3 Å². The monoisotopic (exact) mass is 176 g/mol. The van der Waals surface area contributed by atoms with Crippen molar-refractivity contribution in [2.24, 2.45) is 7.05 Å². The molecule has 0 bridgehead atoms. The second-order valence-electron chi connectivity index (χ2n) is 3.48. The number of aryl methyl sites for hydroxylation is 1. The number of hydrogen-bond donors (Lipinski definition) is 0. The van der Waals surface area contributed by atoms with Gasteiger partial charge in [0.05, 0.1) is 0 Å². The van der Waals surface area contributed by atoms with Gasteiger partial charge in [-0.15, -0.1) is 5.10 Å². The predicted octanol–water partition coefficient (Wildman–Crippen LogP) is 1.49. The van der Waals surface area contributed by atoms with Crippen molar-refractivity contribution >= 4 is 11.2 Å². The van der Waals surface area contributed by atoms with Gasteiger partial charge in [-0.05, 0) is 17.5 Å². The van der Waals surface area contributed by atoms with Gasteiger partial charge < -0.3 is 0 Å². The summed E-state index contributed by atoms with van der Waals surface area (Å²) in [6.45, 7) is 4.28. The Hall–Kier alpha value is -1.45. The first-order chi connectivity index (χ1) is 6.18. The molecular formula is C9H12N4. The number of pyridine rings is 1. The Morgan fingerprint density at radius 1 is 1.38 bits per heavy atom. The van der Waals surface area contributed by atoms with Crippen LogP contribution in [0.15, 0.2) is 12.3 Å². The van der Waals surface area contributed by atoms with Crippen LogP contribution in [0.25, 0.3) is 11.2 Å². The third-order valence-corrected chi connectivity index (χ3v) is 2.13. The van der Waals surface area contributed by atoms with Gasteiger partial charge in [0.2, 0.25) is 0 Å². The van der Waals surface area contributed by atoms with E-state index >= 15 is 0 Å². The lowest BCUT2D eigenvalue weighted by Gasteiger charge is -2.02. The Morgan fingerprint density at radius 2 is 2.15 bits per heavy atom. The third kappa shape index (κ3) is 1.28. The van der Waals surface area contributed by atoms with E-state index in [1.807, 2.05) is 19.3 Å². The summed E-state index contributed by atoms with van der Waals surface area (Å²) in [5, 5.41) is 7.91. The highest BCUT2D eigenvalue weighted by Crippen LogP contribution is 2.16. The molecule has 0 saturated heterocycles. The van der Waals surface area contributed by atoms with Crippen molar-refractivity contribution in [3.8, 4) is 0 Å². The van der Waals surface area contributed by atoms with E-state index in [0.717, 1.165) is 11.2 Å². The van der Waals surface area contributed by atoms with Gasteiger partial charge in [-0.3, -0.25) is 0 Å². The van der Waals surface area contributed by atoms with Crippen molar-refractivity contribution in [3.05, 3.63) is 17.8 Å². The summed E-state index contributed by atoms with van der Waals surface area (Å²) < 4.78 is 1.68. The molecule has 0 spiro atoms. The van der Waals surface area contributed by atoms with Crippen LogP contribution in [0, 0.1) is 0 Å². The molecule has 0 aliphatic carbocycles. The SMILES string of the molecule is CC(C)c1cnc2c(c1)nnn2C. The Morgan fingerprint density at radius 3 is 2.85 bits per heavy atom. The minimum absolute atomic E-state index is 0.485. The summed E-state index contributed by atoms with van der Waals surface area (Å²) in [4.78, 5) is 4.30. The Labute approximate surface area is 76.6 Å². The maximum atomic E-state index is 4.30. The molecule has 4 heteroatoms. The van der Waals surface area contributed by atoms with Crippen molar-refractivity contribution in [1.29, 1.82) is 0 Å². The zero-order valence-electron chi connectivity index (χ0n) is 8.02. The molecule has 0 aliphatic heterocycles. The van der Waals surface area contributed by atoms with E-state index in [1.165, 1.54) is 5.56 Å². The van der Waals surface area contributed by atoms with Gasteiger partial charge in [0, 0.05) is 13.2 Å². The molecule has 0 unspecified atom stereocenters. The average Bonchev–Trinajstić information content (AvgIpc) is 2.47. The van der Waals surface area contributed by atoms with Crippen LogP contribution in [0.4, 0.5) is 0 Å². The van der Waals surface area contributed by atoms with Crippen molar-refractivity contribution in [3.63, 3.8) is 0 Å². The lowest BCUT2D eigenvalue weighted by molar-refractivity contribution is 0.729. The molecule has 68 valence electrons. The zero-order chi connectivity index (χ0) is 9.42. The maximum Gasteiger partial charge on any atom is 0.178 e. The van der Waals surface area contributed by atoms with E-state index in [-0.39, 0.29) is 0 Å². The van der Waals surface area contributed by atoms with E-state index in [9.17, 15) is 0 Å². The highest BCUT2D eigenvalue weighted by molar-refractivity contribution is 5.69. The van der Waals surface area contributed by atoms with E-state index in [4.69, 9.17) is 0 Å². The molecule has 0 atom stereocenters. The molecular weight excluding hydrogens is 164 g/mol. The first-order valence-corrected chi connectivity index (χ1v) is 4.34. The summed E-state index contributed by atoms with van der Waals surface area (Å²) in [5.41, 5.74) is 2.91. The van der Waals surface area contributed by atoms with Crippen molar-refractivity contribution in [1.82, 2.24) is 20.0 Å². The lowest BCUT2D eigenvalue weighted by atomic mass is 10.1. The summed E-state index contributed by atoms with van der Waals surface area (Å²) in [6, 6.07) is 2.04. The summed E-state index contributed by atoms with van der Waals surface area (Å²) in [7, 11) is 1.84. The number of fused-ring (bicyclic) bond motifs is 1. The largest absolute Gasteiger partial charge is 0.235 e. The van der Waals surface area contributed by atoms with Crippen LogP contribution in [0.2, 0.25) is 0 Å². The average molecular weight is 176 g/mol. The van der Waals surface area contributed by atoms with Gasteiger partial charge in [0.15, 0.2) is 5.65 Å². The fraction of sp³-hybridized carbons (Fsp3) is 0.444. The summed E-state index contributed by atoms with van der Waals surface area (Å²) in [6.07, 6.45) is 1.89. The molecule has 0 aliphatic rings. The second-order valence-corrected chi connectivity index (χ2v) is 3.48. The van der Waals surface area contributed by atoms with Crippen molar-refractivity contribution < 1.29 is 0 Å². The molecule has 4 nitrogen and oxygen atoms in total. The maximum absolute atomic E-state index is 4.30. The van der Waals surface area contributed by atoms with E-state index < -0.39 is 0 Å². The first kappa shape index (κ1) is 8.16. The molecule has 2 rings (SSSR count). The first-order valence-electron chi connectivity index (χ1n) is 4.34. The van der Waals surface area contributed by atoms with Crippen LogP contribution in [-0.2, 0) is 7.05 Å². The third-order valence-electron chi connectivity index (χ3n) is 2.13. The topological polar surface area (TPSA) is 43.6 Å². The van der Waals surface area contributed by atoms with Gasteiger partial charge in [0.25, 0.3) is 0 Å².